The molecule has 0 radical (unpaired) electrons. The Hall–Kier alpha value is -1.66. The van der Waals surface area contributed by atoms with E-state index in [9.17, 15) is 0 Å². The fraction of sp³-hybridized carbons (Fsp3) is 0.455. The van der Waals surface area contributed by atoms with E-state index in [1.54, 1.807) is 10.8 Å². The van der Waals surface area contributed by atoms with Gasteiger partial charge in [-0.2, -0.15) is 9.61 Å². The summed E-state index contributed by atoms with van der Waals surface area (Å²) in [6, 6.07) is 4.02. The molecule has 0 atom stereocenters. The number of anilines is 1. The molecule has 0 amide bonds. The maximum absolute atomic E-state index is 5.33. The Morgan fingerprint density at radius 1 is 1.41 bits per heavy atom. The van der Waals surface area contributed by atoms with Crippen LogP contribution in [0.5, 0.6) is 0 Å². The average molecular weight is 235 g/mol. The topological polar surface area (TPSA) is 77.5 Å². The normalized spacial score (nSPS) is 10.9. The van der Waals surface area contributed by atoms with Crippen molar-refractivity contribution < 1.29 is 4.74 Å². The van der Waals surface area contributed by atoms with Crippen LogP contribution in [0.1, 0.15) is 5.56 Å². The van der Waals surface area contributed by atoms with Crippen molar-refractivity contribution >= 4 is 11.5 Å². The second-order valence-electron chi connectivity index (χ2n) is 3.78. The molecular formula is C11H17N5O. The number of nitrogens with two attached hydrogens (primary N) is 1. The van der Waals surface area contributed by atoms with Gasteiger partial charge in [-0.1, -0.05) is 0 Å². The molecule has 0 aliphatic rings. The van der Waals surface area contributed by atoms with E-state index < -0.39 is 0 Å². The van der Waals surface area contributed by atoms with Gasteiger partial charge < -0.3 is 15.8 Å². The third-order valence-electron chi connectivity index (χ3n) is 2.34. The first-order valence-electron chi connectivity index (χ1n) is 5.63. The largest absolute Gasteiger partial charge is 0.378 e. The summed E-state index contributed by atoms with van der Waals surface area (Å²) in [5.74, 6) is 0.925. The molecule has 17 heavy (non-hydrogen) atoms. The molecule has 3 N–H and O–H groups in total. The van der Waals surface area contributed by atoms with E-state index in [0.29, 0.717) is 19.8 Å². The van der Waals surface area contributed by atoms with Crippen LogP contribution in [0.15, 0.2) is 18.5 Å². The molecule has 2 aromatic heterocycles. The summed E-state index contributed by atoms with van der Waals surface area (Å²) in [6.07, 6.45) is 1.55. The molecule has 6 nitrogen and oxygen atoms in total. The monoisotopic (exact) mass is 235 g/mol. The quantitative estimate of drug-likeness (QED) is 0.710. The molecule has 0 fully saturated rings. The minimum absolute atomic E-state index is 0.553. The van der Waals surface area contributed by atoms with Crippen LogP contribution in [0.4, 0.5) is 5.82 Å². The second-order valence-corrected chi connectivity index (χ2v) is 3.78. The Morgan fingerprint density at radius 3 is 3.12 bits per heavy atom. The standard InChI is InChI=1S/C11H17N5O/c1-9-6-10(13-3-5-17-4-2-12)16-11(7-9)14-8-15-16/h6-8,13H,2-5,12H2,1H3. The van der Waals surface area contributed by atoms with Crippen molar-refractivity contribution in [1.29, 1.82) is 0 Å². The Morgan fingerprint density at radius 2 is 2.29 bits per heavy atom. The van der Waals surface area contributed by atoms with Gasteiger partial charge in [-0.05, 0) is 24.6 Å². The Balaban J connectivity index is 2.00. The number of nitrogens with one attached hydrogen (secondary N) is 1. The molecule has 2 heterocycles. The number of nitrogens with zero attached hydrogens (tertiary/aromatic N) is 3. The van der Waals surface area contributed by atoms with Crippen LogP contribution < -0.4 is 11.1 Å². The summed E-state index contributed by atoms with van der Waals surface area (Å²) in [6.45, 7) is 4.52. The highest BCUT2D eigenvalue weighted by Gasteiger charge is 2.02. The van der Waals surface area contributed by atoms with Crippen molar-refractivity contribution in [1.82, 2.24) is 14.6 Å². The van der Waals surface area contributed by atoms with Crippen LogP contribution in [-0.2, 0) is 4.74 Å². The Labute approximate surface area is 99.8 Å². The molecule has 2 rings (SSSR count). The SMILES string of the molecule is Cc1cc(NCCOCCN)n2ncnc2c1. The van der Waals surface area contributed by atoms with Crippen LogP contribution in [0.25, 0.3) is 5.65 Å². The smallest absolute Gasteiger partial charge is 0.157 e. The molecule has 0 aliphatic heterocycles. The highest BCUT2D eigenvalue weighted by molar-refractivity contribution is 5.51. The van der Waals surface area contributed by atoms with E-state index in [1.165, 1.54) is 0 Å². The summed E-state index contributed by atoms with van der Waals surface area (Å²) in [4.78, 5) is 4.16. The summed E-state index contributed by atoms with van der Waals surface area (Å²) < 4.78 is 7.07. The Bertz CT molecular complexity index is 482. The van der Waals surface area contributed by atoms with Gasteiger partial charge in [0.05, 0.1) is 13.2 Å². The zero-order valence-electron chi connectivity index (χ0n) is 9.89. The van der Waals surface area contributed by atoms with Gasteiger partial charge in [-0.15, -0.1) is 0 Å². The van der Waals surface area contributed by atoms with Crippen LogP contribution in [0.2, 0.25) is 0 Å². The Kier molecular flexibility index (Phi) is 3.89. The lowest BCUT2D eigenvalue weighted by molar-refractivity contribution is 0.151. The highest BCUT2D eigenvalue weighted by atomic mass is 16.5. The first kappa shape index (κ1) is 11.8. The van der Waals surface area contributed by atoms with Crippen LogP contribution in [0, 0.1) is 6.92 Å². The van der Waals surface area contributed by atoms with E-state index in [4.69, 9.17) is 10.5 Å². The fourth-order valence-corrected chi connectivity index (χ4v) is 1.62. The number of pyridine rings is 1. The fourth-order valence-electron chi connectivity index (χ4n) is 1.62. The zero-order chi connectivity index (χ0) is 12.1. The average Bonchev–Trinajstić information content (AvgIpc) is 2.76. The lowest BCUT2D eigenvalue weighted by Gasteiger charge is -2.09. The van der Waals surface area contributed by atoms with Gasteiger partial charge >= 0.3 is 0 Å². The molecule has 2 aromatic rings. The summed E-state index contributed by atoms with van der Waals surface area (Å²) in [7, 11) is 0. The number of fused-ring (bicyclic) bond motifs is 1. The molecule has 0 aliphatic carbocycles. The van der Waals surface area contributed by atoms with Gasteiger partial charge in [-0.3, -0.25) is 0 Å². The molecular weight excluding hydrogens is 218 g/mol. The minimum Gasteiger partial charge on any atom is -0.378 e. The predicted molar refractivity (Wildman–Crippen MR) is 66.1 cm³/mol. The molecule has 0 unspecified atom stereocenters. The van der Waals surface area contributed by atoms with Crippen molar-refractivity contribution in [3.05, 3.63) is 24.0 Å². The molecule has 6 heteroatoms. The summed E-state index contributed by atoms with van der Waals surface area (Å²) in [5.41, 5.74) is 7.33. The number of aryl methyl sites for hydroxylation is 1. The molecule has 0 bridgehead atoms. The van der Waals surface area contributed by atoms with Gasteiger partial charge in [0.25, 0.3) is 0 Å². The predicted octanol–water partition coefficient (Wildman–Crippen LogP) is 0.425. The zero-order valence-corrected chi connectivity index (χ0v) is 9.89. The van der Waals surface area contributed by atoms with Gasteiger partial charge in [0.15, 0.2) is 5.65 Å². The van der Waals surface area contributed by atoms with Crippen molar-refractivity contribution in [2.45, 2.75) is 6.92 Å². The molecule has 0 saturated carbocycles. The number of rotatable bonds is 6. The summed E-state index contributed by atoms with van der Waals surface area (Å²) in [5, 5.41) is 7.43. The second kappa shape index (κ2) is 5.60. The van der Waals surface area contributed by atoms with E-state index >= 15 is 0 Å². The van der Waals surface area contributed by atoms with Crippen molar-refractivity contribution in [3.63, 3.8) is 0 Å². The number of hydrogen-bond acceptors (Lipinski definition) is 5. The van der Waals surface area contributed by atoms with E-state index in [0.717, 1.165) is 23.6 Å². The number of aromatic nitrogens is 3. The lowest BCUT2D eigenvalue weighted by atomic mass is 10.3. The van der Waals surface area contributed by atoms with Crippen LogP contribution >= 0.6 is 0 Å². The van der Waals surface area contributed by atoms with Gasteiger partial charge in [-0.25, -0.2) is 4.98 Å². The van der Waals surface area contributed by atoms with Crippen LogP contribution in [-0.4, -0.2) is 40.9 Å². The van der Waals surface area contributed by atoms with Gasteiger partial charge in [0, 0.05) is 13.1 Å². The minimum atomic E-state index is 0.553. The van der Waals surface area contributed by atoms with Crippen LogP contribution in [0.3, 0.4) is 0 Å². The maximum atomic E-state index is 5.33. The summed E-state index contributed by atoms with van der Waals surface area (Å²) >= 11 is 0. The lowest BCUT2D eigenvalue weighted by Crippen LogP contribution is -2.15. The maximum Gasteiger partial charge on any atom is 0.157 e. The third kappa shape index (κ3) is 2.92. The van der Waals surface area contributed by atoms with E-state index in [1.807, 2.05) is 19.1 Å². The third-order valence-corrected chi connectivity index (χ3v) is 2.34. The molecule has 0 aromatic carbocycles. The van der Waals surface area contributed by atoms with Gasteiger partial charge in [0.1, 0.15) is 12.1 Å². The van der Waals surface area contributed by atoms with E-state index in [-0.39, 0.29) is 0 Å². The van der Waals surface area contributed by atoms with E-state index in [2.05, 4.69) is 15.4 Å². The number of hydrogen-bond donors (Lipinski definition) is 2. The van der Waals surface area contributed by atoms with Crippen molar-refractivity contribution in [2.75, 3.05) is 31.6 Å². The molecule has 92 valence electrons. The highest BCUT2D eigenvalue weighted by Crippen LogP contribution is 2.12. The first-order valence-corrected chi connectivity index (χ1v) is 5.63. The van der Waals surface area contributed by atoms with Crippen molar-refractivity contribution in [2.24, 2.45) is 5.73 Å². The van der Waals surface area contributed by atoms with Crippen molar-refractivity contribution in [3.8, 4) is 0 Å². The van der Waals surface area contributed by atoms with Gasteiger partial charge in [0.2, 0.25) is 0 Å². The first-order chi connectivity index (χ1) is 8.31. The molecule has 0 spiro atoms. The number of ether oxygens (including phenoxy) is 1. The molecule has 0 saturated heterocycles.